The second kappa shape index (κ2) is 8.19. The van der Waals surface area contributed by atoms with Crippen molar-refractivity contribution in [1.82, 2.24) is 10.2 Å². The molecule has 0 bridgehead atoms. The summed E-state index contributed by atoms with van der Waals surface area (Å²) in [6, 6.07) is 15.4. The molecule has 26 heavy (non-hydrogen) atoms. The average molecular weight is 352 g/mol. The average Bonchev–Trinajstić information content (AvgIpc) is 2.69. The fourth-order valence-electron chi connectivity index (χ4n) is 4.25. The fraction of sp³-hybridized carbons (Fsp3) is 0.500. The third-order valence-corrected chi connectivity index (χ3v) is 5.72. The van der Waals surface area contributed by atoms with Crippen molar-refractivity contribution >= 4 is 16.7 Å². The predicted octanol–water partition coefficient (Wildman–Crippen LogP) is 3.35. The molecule has 2 aliphatic rings. The number of likely N-dealkylation sites (tertiary alicyclic amines) is 1. The molecule has 2 saturated heterocycles. The molecule has 138 valence electrons. The lowest BCUT2D eigenvalue weighted by molar-refractivity contribution is -0.128. The van der Waals surface area contributed by atoms with E-state index in [1.165, 1.54) is 16.3 Å². The molecule has 0 saturated carbocycles. The Kier molecular flexibility index (Phi) is 5.51. The van der Waals surface area contributed by atoms with Gasteiger partial charge in [0.25, 0.3) is 0 Å². The molecule has 0 aromatic heterocycles. The molecular weight excluding hydrogens is 324 g/mol. The minimum Gasteiger partial charge on any atom is -0.381 e. The molecule has 2 heterocycles. The number of piperidine rings is 1. The topological polar surface area (TPSA) is 41.6 Å². The summed E-state index contributed by atoms with van der Waals surface area (Å²) >= 11 is 0. The molecule has 2 fully saturated rings. The number of benzene rings is 2. The van der Waals surface area contributed by atoms with E-state index in [0.29, 0.717) is 6.04 Å². The van der Waals surface area contributed by atoms with Gasteiger partial charge < -0.3 is 10.1 Å². The molecule has 1 amide bonds. The van der Waals surface area contributed by atoms with Crippen molar-refractivity contribution in [2.24, 2.45) is 5.92 Å². The van der Waals surface area contributed by atoms with Crippen LogP contribution in [0.15, 0.2) is 42.5 Å². The summed E-state index contributed by atoms with van der Waals surface area (Å²) in [6.45, 7) is 4.39. The lowest BCUT2D eigenvalue weighted by Crippen LogP contribution is -2.47. The molecule has 4 rings (SSSR count). The quantitative estimate of drug-likeness (QED) is 0.917. The maximum Gasteiger partial charge on any atom is 0.224 e. The van der Waals surface area contributed by atoms with E-state index in [1.54, 1.807) is 0 Å². The Bertz CT molecular complexity index is 749. The van der Waals surface area contributed by atoms with Crippen molar-refractivity contribution in [2.75, 3.05) is 26.3 Å². The SMILES string of the molecule is O=C(NC1CCOCC1)C1CCCN(Cc2cccc3ccccc23)C1. The second-order valence-electron chi connectivity index (χ2n) is 7.61. The van der Waals surface area contributed by atoms with E-state index in [-0.39, 0.29) is 11.8 Å². The van der Waals surface area contributed by atoms with Gasteiger partial charge in [-0.3, -0.25) is 9.69 Å². The first-order chi connectivity index (χ1) is 12.8. The Morgan fingerprint density at radius 2 is 1.88 bits per heavy atom. The van der Waals surface area contributed by atoms with Gasteiger partial charge in [0.1, 0.15) is 0 Å². The highest BCUT2D eigenvalue weighted by Crippen LogP contribution is 2.24. The third kappa shape index (κ3) is 4.08. The minimum absolute atomic E-state index is 0.113. The number of nitrogens with zero attached hydrogens (tertiary/aromatic N) is 1. The highest BCUT2D eigenvalue weighted by molar-refractivity contribution is 5.85. The van der Waals surface area contributed by atoms with Crippen LogP contribution in [-0.2, 0) is 16.1 Å². The van der Waals surface area contributed by atoms with Crippen molar-refractivity contribution in [3.8, 4) is 0 Å². The molecule has 0 aliphatic carbocycles. The van der Waals surface area contributed by atoms with Gasteiger partial charge in [0.05, 0.1) is 5.92 Å². The molecular formula is C22H28N2O2. The smallest absolute Gasteiger partial charge is 0.224 e. The number of amides is 1. The van der Waals surface area contributed by atoms with E-state index in [0.717, 1.165) is 58.5 Å². The lowest BCUT2D eigenvalue weighted by atomic mass is 9.95. The van der Waals surface area contributed by atoms with Crippen LogP contribution in [0.1, 0.15) is 31.2 Å². The molecule has 0 radical (unpaired) electrons. The van der Waals surface area contributed by atoms with Gasteiger partial charge in [-0.2, -0.15) is 0 Å². The van der Waals surface area contributed by atoms with E-state index < -0.39 is 0 Å². The van der Waals surface area contributed by atoms with E-state index in [9.17, 15) is 4.79 Å². The van der Waals surface area contributed by atoms with Crippen LogP contribution in [0.25, 0.3) is 10.8 Å². The van der Waals surface area contributed by atoms with E-state index in [2.05, 4.69) is 52.7 Å². The highest BCUT2D eigenvalue weighted by Gasteiger charge is 2.28. The Labute approximate surface area is 155 Å². The maximum absolute atomic E-state index is 12.7. The van der Waals surface area contributed by atoms with Gasteiger partial charge in [-0.15, -0.1) is 0 Å². The first-order valence-electron chi connectivity index (χ1n) is 9.87. The van der Waals surface area contributed by atoms with Gasteiger partial charge in [-0.25, -0.2) is 0 Å². The number of hydrogen-bond donors (Lipinski definition) is 1. The zero-order chi connectivity index (χ0) is 17.8. The third-order valence-electron chi connectivity index (χ3n) is 5.72. The number of rotatable bonds is 4. The van der Waals surface area contributed by atoms with Crippen molar-refractivity contribution in [3.05, 3.63) is 48.0 Å². The molecule has 1 atom stereocenters. The van der Waals surface area contributed by atoms with Crippen molar-refractivity contribution in [1.29, 1.82) is 0 Å². The van der Waals surface area contributed by atoms with Gasteiger partial charge in [0.2, 0.25) is 5.91 Å². The van der Waals surface area contributed by atoms with Crippen LogP contribution in [0.3, 0.4) is 0 Å². The summed E-state index contributed by atoms with van der Waals surface area (Å²) in [5.74, 6) is 0.348. The van der Waals surface area contributed by atoms with Crippen LogP contribution in [0.5, 0.6) is 0 Å². The fourth-order valence-corrected chi connectivity index (χ4v) is 4.25. The summed E-state index contributed by atoms with van der Waals surface area (Å²) < 4.78 is 5.39. The highest BCUT2D eigenvalue weighted by atomic mass is 16.5. The first-order valence-corrected chi connectivity index (χ1v) is 9.87. The van der Waals surface area contributed by atoms with Crippen LogP contribution < -0.4 is 5.32 Å². The molecule has 2 aliphatic heterocycles. The van der Waals surface area contributed by atoms with Crippen LogP contribution in [0.4, 0.5) is 0 Å². The Balaban J connectivity index is 1.39. The molecule has 2 aromatic rings. The number of ether oxygens (including phenoxy) is 1. The molecule has 1 unspecified atom stereocenters. The zero-order valence-corrected chi connectivity index (χ0v) is 15.3. The normalized spacial score (nSPS) is 22.4. The van der Waals surface area contributed by atoms with Gasteiger partial charge in [0.15, 0.2) is 0 Å². The summed E-state index contributed by atoms with van der Waals surface area (Å²) in [5.41, 5.74) is 1.36. The number of fused-ring (bicyclic) bond motifs is 1. The van der Waals surface area contributed by atoms with Crippen LogP contribution in [0, 0.1) is 5.92 Å². The van der Waals surface area contributed by atoms with Crippen LogP contribution in [-0.4, -0.2) is 43.2 Å². The number of hydrogen-bond acceptors (Lipinski definition) is 3. The molecule has 1 N–H and O–H groups in total. The summed E-state index contributed by atoms with van der Waals surface area (Å²) in [7, 11) is 0. The van der Waals surface area contributed by atoms with Crippen molar-refractivity contribution < 1.29 is 9.53 Å². The largest absolute Gasteiger partial charge is 0.381 e. The van der Waals surface area contributed by atoms with Gasteiger partial charge in [-0.05, 0) is 48.6 Å². The van der Waals surface area contributed by atoms with Gasteiger partial charge in [-0.1, -0.05) is 42.5 Å². The van der Waals surface area contributed by atoms with Gasteiger partial charge >= 0.3 is 0 Å². The van der Waals surface area contributed by atoms with Gasteiger partial charge in [0, 0.05) is 32.3 Å². The molecule has 2 aromatic carbocycles. The van der Waals surface area contributed by atoms with Crippen molar-refractivity contribution in [3.63, 3.8) is 0 Å². The Morgan fingerprint density at radius 3 is 2.77 bits per heavy atom. The standard InChI is InChI=1S/C22H28N2O2/c25-22(23-20-10-13-26-14-11-20)19-8-4-12-24(16-19)15-18-7-3-6-17-5-1-2-9-21(17)18/h1-3,5-7,9,19-20H,4,8,10-16H2,(H,23,25). The van der Waals surface area contributed by atoms with Crippen molar-refractivity contribution in [2.45, 2.75) is 38.3 Å². The first kappa shape index (κ1) is 17.5. The summed E-state index contributed by atoms with van der Waals surface area (Å²) in [4.78, 5) is 15.1. The zero-order valence-electron chi connectivity index (χ0n) is 15.3. The van der Waals surface area contributed by atoms with E-state index in [1.807, 2.05) is 0 Å². The second-order valence-corrected chi connectivity index (χ2v) is 7.61. The monoisotopic (exact) mass is 352 g/mol. The van der Waals surface area contributed by atoms with E-state index in [4.69, 9.17) is 4.74 Å². The Morgan fingerprint density at radius 1 is 1.08 bits per heavy atom. The summed E-state index contributed by atoms with van der Waals surface area (Å²) in [5, 5.41) is 5.87. The summed E-state index contributed by atoms with van der Waals surface area (Å²) in [6.07, 6.45) is 3.98. The number of nitrogens with one attached hydrogen (secondary N) is 1. The Hall–Kier alpha value is -1.91. The number of carbonyl (C=O) groups is 1. The maximum atomic E-state index is 12.7. The van der Waals surface area contributed by atoms with Crippen LogP contribution in [0.2, 0.25) is 0 Å². The lowest BCUT2D eigenvalue weighted by Gasteiger charge is -2.33. The van der Waals surface area contributed by atoms with Crippen LogP contribution >= 0.6 is 0 Å². The minimum atomic E-state index is 0.113. The molecule has 4 heteroatoms. The predicted molar refractivity (Wildman–Crippen MR) is 104 cm³/mol. The molecule has 4 nitrogen and oxygen atoms in total. The van der Waals surface area contributed by atoms with E-state index >= 15 is 0 Å². The number of carbonyl (C=O) groups excluding carboxylic acids is 1. The molecule has 0 spiro atoms.